The highest BCUT2D eigenvalue weighted by Gasteiger charge is 2.16. The van der Waals surface area contributed by atoms with Crippen LogP contribution in [0, 0.1) is 0 Å². The highest BCUT2D eigenvalue weighted by molar-refractivity contribution is 5.94. The normalized spacial score (nSPS) is 11.6. The molecular weight excluding hydrogens is 300 g/mol. The summed E-state index contributed by atoms with van der Waals surface area (Å²) in [5.41, 5.74) is 9.48. The van der Waals surface area contributed by atoms with Gasteiger partial charge in [0.1, 0.15) is 0 Å². The first kappa shape index (κ1) is 16.1. The van der Waals surface area contributed by atoms with E-state index < -0.39 is 11.5 Å². The number of nitrogens with two attached hydrogens (primary N) is 1. The van der Waals surface area contributed by atoms with E-state index in [0.29, 0.717) is 0 Å². The number of hydrogen-bond donors (Lipinski definition) is 2. The third-order valence-electron chi connectivity index (χ3n) is 4.20. The zero-order chi connectivity index (χ0) is 17.3. The van der Waals surface area contributed by atoms with E-state index in [4.69, 9.17) is 5.73 Å². The highest BCUT2D eigenvalue weighted by atomic mass is 16.4. The van der Waals surface area contributed by atoms with Crippen molar-refractivity contribution in [3.8, 4) is 11.1 Å². The Kier molecular flexibility index (Phi) is 4.08. The molecule has 0 saturated heterocycles. The van der Waals surface area contributed by atoms with Crippen molar-refractivity contribution in [3.63, 3.8) is 0 Å². The number of fused-ring (bicyclic) bond motifs is 1. The number of aromatic nitrogens is 1. The lowest BCUT2D eigenvalue weighted by atomic mass is 9.90. The maximum Gasteiger partial charge on any atom is 0.307 e. The third kappa shape index (κ3) is 3.14. The molecule has 122 valence electrons. The number of benzene rings is 2. The van der Waals surface area contributed by atoms with Crippen molar-refractivity contribution in [1.82, 2.24) is 4.98 Å². The Bertz CT molecular complexity index is 894. The second kappa shape index (κ2) is 6.06. The Hall–Kier alpha value is -2.72. The van der Waals surface area contributed by atoms with Crippen molar-refractivity contribution in [1.29, 1.82) is 0 Å². The first-order valence-corrected chi connectivity index (χ1v) is 7.83. The molecule has 0 aliphatic heterocycles. The lowest BCUT2D eigenvalue weighted by Gasteiger charge is -2.20. The second-order valence-electron chi connectivity index (χ2n) is 6.56. The van der Waals surface area contributed by atoms with E-state index in [0.717, 1.165) is 33.0 Å². The number of hydrogen-bond acceptors (Lipinski definition) is 3. The average Bonchev–Trinajstić information content (AvgIpc) is 2.54. The minimum Gasteiger partial charge on any atom is -0.481 e. The third-order valence-corrected chi connectivity index (χ3v) is 4.20. The minimum absolute atomic E-state index is 0.0270. The van der Waals surface area contributed by atoms with Crippen LogP contribution in [0.4, 0.5) is 0 Å². The van der Waals surface area contributed by atoms with Gasteiger partial charge in [-0.25, -0.2) is 0 Å². The van der Waals surface area contributed by atoms with E-state index in [9.17, 15) is 9.90 Å². The van der Waals surface area contributed by atoms with Crippen molar-refractivity contribution >= 4 is 16.7 Å². The fourth-order valence-electron chi connectivity index (χ4n) is 2.92. The SMILES string of the molecule is CC(C)(N)c1ccc(-c2ccc3cnccc3c2CC(=O)O)cc1. The predicted octanol–water partition coefficient (Wildman–Crippen LogP) is 3.72. The number of rotatable bonds is 4. The summed E-state index contributed by atoms with van der Waals surface area (Å²) in [5.74, 6) is -0.847. The van der Waals surface area contributed by atoms with Gasteiger partial charge in [-0.3, -0.25) is 9.78 Å². The van der Waals surface area contributed by atoms with Crippen LogP contribution < -0.4 is 5.73 Å². The lowest BCUT2D eigenvalue weighted by molar-refractivity contribution is -0.136. The first-order valence-electron chi connectivity index (χ1n) is 7.83. The smallest absolute Gasteiger partial charge is 0.307 e. The second-order valence-corrected chi connectivity index (χ2v) is 6.56. The van der Waals surface area contributed by atoms with E-state index in [1.165, 1.54) is 0 Å². The first-order chi connectivity index (χ1) is 11.4. The molecule has 0 amide bonds. The maximum absolute atomic E-state index is 11.3. The molecule has 0 radical (unpaired) electrons. The number of nitrogens with zero attached hydrogens (tertiary/aromatic N) is 1. The van der Waals surface area contributed by atoms with Crippen LogP contribution in [0.1, 0.15) is 25.0 Å². The van der Waals surface area contributed by atoms with E-state index in [-0.39, 0.29) is 6.42 Å². The molecule has 24 heavy (non-hydrogen) atoms. The molecule has 0 atom stereocenters. The van der Waals surface area contributed by atoms with Crippen LogP contribution in [0.5, 0.6) is 0 Å². The van der Waals surface area contributed by atoms with Gasteiger partial charge < -0.3 is 10.8 Å². The van der Waals surface area contributed by atoms with Gasteiger partial charge in [0.05, 0.1) is 6.42 Å². The predicted molar refractivity (Wildman–Crippen MR) is 95.7 cm³/mol. The monoisotopic (exact) mass is 320 g/mol. The number of pyridine rings is 1. The fourth-order valence-corrected chi connectivity index (χ4v) is 2.92. The highest BCUT2D eigenvalue weighted by Crippen LogP contribution is 2.31. The van der Waals surface area contributed by atoms with Gasteiger partial charge in [0, 0.05) is 23.3 Å². The van der Waals surface area contributed by atoms with Crippen LogP contribution in [0.2, 0.25) is 0 Å². The van der Waals surface area contributed by atoms with Crippen molar-refractivity contribution in [2.75, 3.05) is 0 Å². The zero-order valence-corrected chi connectivity index (χ0v) is 13.8. The molecule has 2 aromatic carbocycles. The van der Waals surface area contributed by atoms with Gasteiger partial charge in [0.2, 0.25) is 0 Å². The van der Waals surface area contributed by atoms with Crippen molar-refractivity contribution in [3.05, 3.63) is 66.0 Å². The van der Waals surface area contributed by atoms with Crippen molar-refractivity contribution in [2.24, 2.45) is 5.73 Å². The summed E-state index contributed by atoms with van der Waals surface area (Å²) in [6, 6.07) is 13.8. The standard InChI is InChI=1S/C20H20N2O2/c1-20(2,21)15-6-3-13(4-7-15)16-8-5-14-12-22-10-9-17(14)18(16)11-19(23)24/h3-10,12H,11,21H2,1-2H3,(H,23,24). The fraction of sp³-hybridized carbons (Fsp3) is 0.200. The summed E-state index contributed by atoms with van der Waals surface area (Å²) < 4.78 is 0. The summed E-state index contributed by atoms with van der Waals surface area (Å²) in [4.78, 5) is 15.5. The quantitative estimate of drug-likeness (QED) is 0.768. The van der Waals surface area contributed by atoms with E-state index in [2.05, 4.69) is 4.98 Å². The van der Waals surface area contributed by atoms with E-state index >= 15 is 0 Å². The molecule has 0 spiro atoms. The lowest BCUT2D eigenvalue weighted by Crippen LogP contribution is -2.28. The van der Waals surface area contributed by atoms with Gasteiger partial charge in [0.25, 0.3) is 0 Å². The van der Waals surface area contributed by atoms with Crippen LogP contribution in [-0.4, -0.2) is 16.1 Å². The largest absolute Gasteiger partial charge is 0.481 e. The Morgan fingerprint density at radius 2 is 1.83 bits per heavy atom. The molecule has 4 nitrogen and oxygen atoms in total. The Labute approximate surface area is 141 Å². The molecule has 0 saturated carbocycles. The Morgan fingerprint density at radius 1 is 1.12 bits per heavy atom. The summed E-state index contributed by atoms with van der Waals surface area (Å²) in [6.45, 7) is 3.92. The van der Waals surface area contributed by atoms with Gasteiger partial charge in [-0.15, -0.1) is 0 Å². The van der Waals surface area contributed by atoms with Gasteiger partial charge in [-0.1, -0.05) is 36.4 Å². The van der Waals surface area contributed by atoms with Gasteiger partial charge >= 0.3 is 5.97 Å². The number of carboxylic acids is 1. The molecule has 1 heterocycles. The summed E-state index contributed by atoms with van der Waals surface area (Å²) in [6.07, 6.45) is 3.42. The van der Waals surface area contributed by atoms with Crippen molar-refractivity contribution < 1.29 is 9.90 Å². The van der Waals surface area contributed by atoms with Crippen LogP contribution in [0.15, 0.2) is 54.9 Å². The molecule has 4 heteroatoms. The maximum atomic E-state index is 11.3. The summed E-state index contributed by atoms with van der Waals surface area (Å²) in [5, 5.41) is 11.2. The number of aliphatic carboxylic acids is 1. The Morgan fingerprint density at radius 3 is 2.46 bits per heavy atom. The van der Waals surface area contributed by atoms with Crippen LogP contribution >= 0.6 is 0 Å². The molecule has 0 fully saturated rings. The zero-order valence-electron chi connectivity index (χ0n) is 13.8. The van der Waals surface area contributed by atoms with Gasteiger partial charge in [-0.05, 0) is 47.6 Å². The molecule has 3 aromatic rings. The molecule has 0 unspecified atom stereocenters. The molecule has 1 aromatic heterocycles. The summed E-state index contributed by atoms with van der Waals surface area (Å²) >= 11 is 0. The summed E-state index contributed by atoms with van der Waals surface area (Å²) in [7, 11) is 0. The molecule has 3 N–H and O–H groups in total. The molecule has 0 aliphatic carbocycles. The number of carboxylic acid groups (broad SMARTS) is 1. The molecule has 0 bridgehead atoms. The van der Waals surface area contributed by atoms with Crippen molar-refractivity contribution in [2.45, 2.75) is 25.8 Å². The minimum atomic E-state index is -0.847. The topological polar surface area (TPSA) is 76.2 Å². The van der Waals surface area contributed by atoms with Crippen LogP contribution in [0.3, 0.4) is 0 Å². The van der Waals surface area contributed by atoms with E-state index in [1.54, 1.807) is 12.4 Å². The van der Waals surface area contributed by atoms with Crippen LogP contribution in [-0.2, 0) is 16.8 Å². The average molecular weight is 320 g/mol. The molecular formula is C20H20N2O2. The van der Waals surface area contributed by atoms with Gasteiger partial charge in [0.15, 0.2) is 0 Å². The number of carbonyl (C=O) groups is 1. The van der Waals surface area contributed by atoms with E-state index in [1.807, 2.05) is 56.3 Å². The molecule has 0 aliphatic rings. The molecule has 3 rings (SSSR count). The Balaban J connectivity index is 2.16. The van der Waals surface area contributed by atoms with Gasteiger partial charge in [-0.2, -0.15) is 0 Å². The van der Waals surface area contributed by atoms with Crippen LogP contribution in [0.25, 0.3) is 21.9 Å².